The Labute approximate surface area is 239 Å². The van der Waals surface area contributed by atoms with Gasteiger partial charge in [-0.25, -0.2) is 0 Å². The molecule has 9 nitrogen and oxygen atoms in total. The third kappa shape index (κ3) is 5.64. The van der Waals surface area contributed by atoms with Crippen molar-refractivity contribution in [3.05, 3.63) is 129 Å². The smallest absolute Gasteiger partial charge is 0.270 e. The van der Waals surface area contributed by atoms with Gasteiger partial charge in [-0.3, -0.25) is 29.3 Å². The first-order valence-corrected chi connectivity index (χ1v) is 13.6. The van der Waals surface area contributed by atoms with Crippen LogP contribution in [0.3, 0.4) is 0 Å². The van der Waals surface area contributed by atoms with E-state index in [1.165, 1.54) is 36.0 Å². The summed E-state index contributed by atoms with van der Waals surface area (Å²) in [6.45, 7) is 1.86. The lowest BCUT2D eigenvalue weighted by molar-refractivity contribution is -0.384. The Morgan fingerprint density at radius 3 is 2.24 bits per heavy atom. The van der Waals surface area contributed by atoms with E-state index in [-0.39, 0.29) is 45.5 Å². The predicted octanol–water partition coefficient (Wildman–Crippen LogP) is 6.13. The van der Waals surface area contributed by atoms with E-state index in [0.29, 0.717) is 28.1 Å². The maximum Gasteiger partial charge on any atom is 0.270 e. The fourth-order valence-electron chi connectivity index (χ4n) is 4.56. The highest BCUT2D eigenvalue weighted by Crippen LogP contribution is 2.33. The third-order valence-corrected chi connectivity index (χ3v) is 7.92. The van der Waals surface area contributed by atoms with Gasteiger partial charge in [-0.05, 0) is 36.8 Å². The van der Waals surface area contributed by atoms with Crippen molar-refractivity contribution in [2.24, 2.45) is 0 Å². The number of amides is 2. The van der Waals surface area contributed by atoms with Crippen LogP contribution in [0.15, 0.2) is 95.9 Å². The minimum atomic E-state index is -0.568. The number of anilines is 2. The van der Waals surface area contributed by atoms with E-state index in [2.05, 4.69) is 10.6 Å². The maximum absolute atomic E-state index is 13.3. The number of benzene rings is 4. The number of nitro groups is 1. The number of non-ortho nitro benzene ring substituents is 1. The molecule has 1 aliphatic rings. The second-order valence-corrected chi connectivity index (χ2v) is 10.5. The molecule has 4 aromatic carbocycles. The van der Waals surface area contributed by atoms with E-state index in [1.807, 2.05) is 6.92 Å². The Balaban J connectivity index is 1.31. The molecule has 10 heteroatoms. The van der Waals surface area contributed by atoms with E-state index in [1.54, 1.807) is 66.7 Å². The highest BCUT2D eigenvalue weighted by Gasteiger charge is 2.32. The van der Waals surface area contributed by atoms with Crippen LogP contribution in [0.25, 0.3) is 0 Å². The van der Waals surface area contributed by atoms with E-state index in [0.717, 1.165) is 0 Å². The maximum atomic E-state index is 13.3. The quantitative estimate of drug-likeness (QED) is 0.131. The summed E-state index contributed by atoms with van der Waals surface area (Å²) in [4.78, 5) is 63.5. The lowest BCUT2D eigenvalue weighted by Crippen LogP contribution is -2.28. The number of carbonyl (C=O) groups is 4. The molecule has 0 saturated heterocycles. The zero-order chi connectivity index (χ0) is 29.1. The lowest BCUT2D eigenvalue weighted by Gasteiger charge is -2.21. The molecule has 1 atom stereocenters. The molecule has 0 heterocycles. The summed E-state index contributed by atoms with van der Waals surface area (Å²) in [5.74, 6) is -1.43. The van der Waals surface area contributed by atoms with Gasteiger partial charge < -0.3 is 10.6 Å². The van der Waals surface area contributed by atoms with Gasteiger partial charge >= 0.3 is 0 Å². The standard InChI is InChI=1S/C31H23N3O6S/c1-2-26(41-21-11-6-9-19(17-21)32-30(37)18-8-5-10-20(16-18)34(39)40)31(38)33-25-15-7-14-24-27(25)29(36)23-13-4-3-12-22(23)28(24)35/h3-17,26H,2H2,1H3,(H,32,37)(H,33,38). The lowest BCUT2D eigenvalue weighted by atomic mass is 9.83. The number of fused-ring (bicyclic) bond motifs is 2. The van der Waals surface area contributed by atoms with Crippen molar-refractivity contribution in [3.63, 3.8) is 0 Å². The minimum absolute atomic E-state index is 0.143. The Kier molecular flexibility index (Phi) is 7.75. The molecule has 1 unspecified atom stereocenters. The van der Waals surface area contributed by atoms with Crippen molar-refractivity contribution in [1.29, 1.82) is 0 Å². The number of carbonyl (C=O) groups excluding carboxylic acids is 4. The van der Waals surface area contributed by atoms with Crippen molar-refractivity contribution in [2.45, 2.75) is 23.5 Å². The number of nitrogens with zero attached hydrogens (tertiary/aromatic N) is 1. The van der Waals surface area contributed by atoms with Crippen LogP contribution in [0, 0.1) is 10.1 Å². The summed E-state index contributed by atoms with van der Waals surface area (Å²) in [7, 11) is 0. The first-order valence-electron chi connectivity index (χ1n) is 12.7. The Hall–Kier alpha value is -5.09. The van der Waals surface area contributed by atoms with Crippen LogP contribution in [0.4, 0.5) is 17.1 Å². The summed E-state index contributed by atoms with van der Waals surface area (Å²) in [6.07, 6.45) is 0.464. The van der Waals surface area contributed by atoms with Crippen LogP contribution in [0.5, 0.6) is 0 Å². The molecule has 204 valence electrons. The van der Waals surface area contributed by atoms with Crippen LogP contribution >= 0.6 is 11.8 Å². The van der Waals surface area contributed by atoms with E-state index < -0.39 is 16.1 Å². The van der Waals surface area contributed by atoms with Crippen LogP contribution in [-0.4, -0.2) is 33.6 Å². The molecule has 5 rings (SSSR count). The zero-order valence-electron chi connectivity index (χ0n) is 21.7. The largest absolute Gasteiger partial charge is 0.324 e. The summed E-state index contributed by atoms with van der Waals surface area (Å²) in [6, 6.07) is 23.8. The Morgan fingerprint density at radius 1 is 0.829 bits per heavy atom. The summed E-state index contributed by atoms with van der Waals surface area (Å²) < 4.78 is 0. The van der Waals surface area contributed by atoms with Gasteiger partial charge in [0.1, 0.15) is 0 Å². The van der Waals surface area contributed by atoms with Crippen molar-refractivity contribution in [3.8, 4) is 0 Å². The minimum Gasteiger partial charge on any atom is -0.324 e. The molecule has 0 fully saturated rings. The molecule has 0 spiro atoms. The van der Waals surface area contributed by atoms with Crippen molar-refractivity contribution < 1.29 is 24.1 Å². The number of nitro benzene ring substituents is 1. The molecule has 2 N–H and O–H groups in total. The monoisotopic (exact) mass is 565 g/mol. The predicted molar refractivity (Wildman–Crippen MR) is 156 cm³/mol. The summed E-state index contributed by atoms with van der Waals surface area (Å²) in [5.41, 5.74) is 1.76. The summed E-state index contributed by atoms with van der Waals surface area (Å²) >= 11 is 1.28. The van der Waals surface area contributed by atoms with Gasteiger partial charge in [0, 0.05) is 45.0 Å². The van der Waals surface area contributed by atoms with Crippen LogP contribution in [-0.2, 0) is 4.79 Å². The zero-order valence-corrected chi connectivity index (χ0v) is 22.6. The van der Waals surface area contributed by atoms with Gasteiger partial charge in [0.05, 0.1) is 21.4 Å². The molecule has 2 amide bonds. The molecular weight excluding hydrogens is 542 g/mol. The molecule has 0 aromatic heterocycles. The molecule has 0 bridgehead atoms. The Morgan fingerprint density at radius 2 is 1.51 bits per heavy atom. The van der Waals surface area contributed by atoms with E-state index in [9.17, 15) is 29.3 Å². The van der Waals surface area contributed by atoms with Crippen molar-refractivity contribution in [2.75, 3.05) is 10.6 Å². The van der Waals surface area contributed by atoms with Gasteiger partial charge in [-0.15, -0.1) is 11.8 Å². The third-order valence-electron chi connectivity index (χ3n) is 6.56. The van der Waals surface area contributed by atoms with E-state index in [4.69, 9.17) is 0 Å². The van der Waals surface area contributed by atoms with Gasteiger partial charge in [-0.2, -0.15) is 0 Å². The van der Waals surface area contributed by atoms with Crippen molar-refractivity contribution in [1.82, 2.24) is 0 Å². The highest BCUT2D eigenvalue weighted by atomic mass is 32.2. The Bertz CT molecular complexity index is 1730. The molecule has 1 aliphatic carbocycles. The van der Waals surface area contributed by atoms with Crippen molar-refractivity contribution >= 4 is 52.2 Å². The number of nitrogens with one attached hydrogen (secondary N) is 2. The van der Waals surface area contributed by atoms with Crippen LogP contribution in [0.1, 0.15) is 55.5 Å². The molecule has 0 aliphatic heterocycles. The fourth-order valence-corrected chi connectivity index (χ4v) is 5.57. The highest BCUT2D eigenvalue weighted by molar-refractivity contribution is 8.00. The average Bonchev–Trinajstić information content (AvgIpc) is 2.98. The normalized spacial score (nSPS) is 12.6. The SMILES string of the molecule is CCC(Sc1cccc(NC(=O)c2cccc([N+](=O)[O-])c2)c1)C(=O)Nc1cccc2c1C(=O)c1ccccc1C2=O. The molecule has 0 saturated carbocycles. The van der Waals surface area contributed by atoms with Gasteiger partial charge in [0.15, 0.2) is 11.6 Å². The van der Waals surface area contributed by atoms with E-state index >= 15 is 0 Å². The summed E-state index contributed by atoms with van der Waals surface area (Å²) in [5, 5.41) is 16.1. The molecular formula is C31H23N3O6S. The van der Waals surface area contributed by atoms with Crippen LogP contribution in [0.2, 0.25) is 0 Å². The van der Waals surface area contributed by atoms with Gasteiger partial charge in [-0.1, -0.05) is 55.5 Å². The van der Waals surface area contributed by atoms with Gasteiger partial charge in [0.25, 0.3) is 11.6 Å². The average molecular weight is 566 g/mol. The fraction of sp³-hybridized carbons (Fsp3) is 0.0968. The van der Waals surface area contributed by atoms with Crippen LogP contribution < -0.4 is 10.6 Å². The number of thioether (sulfide) groups is 1. The topological polar surface area (TPSA) is 135 Å². The molecule has 41 heavy (non-hydrogen) atoms. The number of ketones is 2. The number of hydrogen-bond donors (Lipinski definition) is 2. The number of hydrogen-bond acceptors (Lipinski definition) is 7. The first kappa shape index (κ1) is 27.5. The second-order valence-electron chi connectivity index (χ2n) is 9.23. The first-order chi connectivity index (χ1) is 19.8. The molecule has 4 aromatic rings. The van der Waals surface area contributed by atoms with Gasteiger partial charge in [0.2, 0.25) is 5.91 Å². The second kappa shape index (κ2) is 11.6. The number of rotatable bonds is 8. The molecule has 0 radical (unpaired) electrons.